The molecule has 1 heteroatoms. The van der Waals surface area contributed by atoms with Gasteiger partial charge in [-0.15, -0.1) is 0 Å². The first-order valence-electron chi connectivity index (χ1n) is 3.62. The Kier molecular flexibility index (Phi) is 7.87. The third kappa shape index (κ3) is 8.82. The second-order valence-electron chi connectivity index (χ2n) is 1.90. The Morgan fingerprint density at radius 1 is 1.36 bits per heavy atom. The minimum Gasteiger partial charge on any atom is -0.396 e. The third-order valence-electron chi connectivity index (χ3n) is 0.933. The maximum atomic E-state index is 8.39. The maximum Gasteiger partial charge on any atom is 0.0440 e. The van der Waals surface area contributed by atoms with Crippen molar-refractivity contribution in [3.05, 3.63) is 12.2 Å². The predicted molar refractivity (Wildman–Crippen MR) is 46.7 cm³/mol. The highest BCUT2D eigenvalue weighted by molar-refractivity contribution is 5.30. The van der Waals surface area contributed by atoms with E-state index in [4.69, 9.17) is 5.11 Å². The fourth-order valence-corrected chi connectivity index (χ4v) is 0.435. The molecule has 1 N–H and O–H groups in total. The SMILES string of the molecule is C/C=C\C#CC#CCCCO. The van der Waals surface area contributed by atoms with Crippen LogP contribution >= 0.6 is 0 Å². The van der Waals surface area contributed by atoms with Crippen LogP contribution in [0, 0.1) is 23.7 Å². The number of aliphatic hydroxyl groups excluding tert-OH is 1. The van der Waals surface area contributed by atoms with Crippen LogP contribution in [0.15, 0.2) is 12.2 Å². The summed E-state index contributed by atoms with van der Waals surface area (Å²) in [7, 11) is 0. The summed E-state index contributed by atoms with van der Waals surface area (Å²) in [5.41, 5.74) is 0. The van der Waals surface area contributed by atoms with Crippen molar-refractivity contribution in [3.8, 4) is 23.7 Å². The zero-order valence-electron chi connectivity index (χ0n) is 6.72. The van der Waals surface area contributed by atoms with Crippen LogP contribution in [0.4, 0.5) is 0 Å². The first kappa shape index (κ1) is 9.82. The Morgan fingerprint density at radius 3 is 2.82 bits per heavy atom. The molecule has 0 saturated carbocycles. The van der Waals surface area contributed by atoms with Gasteiger partial charge in [-0.3, -0.25) is 0 Å². The Balaban J connectivity index is 3.49. The van der Waals surface area contributed by atoms with Gasteiger partial charge in [0.25, 0.3) is 0 Å². The number of aliphatic hydroxyl groups is 1. The lowest BCUT2D eigenvalue weighted by Gasteiger charge is -1.80. The van der Waals surface area contributed by atoms with Crippen molar-refractivity contribution in [2.75, 3.05) is 6.61 Å². The summed E-state index contributed by atoms with van der Waals surface area (Å²) in [6.45, 7) is 2.12. The molecule has 1 nitrogen and oxygen atoms in total. The normalized spacial score (nSPS) is 8.18. The second-order valence-corrected chi connectivity index (χ2v) is 1.90. The van der Waals surface area contributed by atoms with E-state index >= 15 is 0 Å². The van der Waals surface area contributed by atoms with Crippen molar-refractivity contribution in [2.24, 2.45) is 0 Å². The van der Waals surface area contributed by atoms with E-state index in [1.807, 2.05) is 13.0 Å². The van der Waals surface area contributed by atoms with E-state index in [2.05, 4.69) is 23.7 Å². The minimum atomic E-state index is 0.205. The predicted octanol–water partition coefficient (Wildman–Crippen LogP) is 1.34. The monoisotopic (exact) mass is 148 g/mol. The van der Waals surface area contributed by atoms with Crippen molar-refractivity contribution in [1.29, 1.82) is 0 Å². The zero-order valence-corrected chi connectivity index (χ0v) is 6.72. The Hall–Kier alpha value is -1.18. The van der Waals surface area contributed by atoms with Crippen molar-refractivity contribution in [1.82, 2.24) is 0 Å². The van der Waals surface area contributed by atoms with Gasteiger partial charge >= 0.3 is 0 Å². The van der Waals surface area contributed by atoms with Crippen molar-refractivity contribution < 1.29 is 5.11 Å². The van der Waals surface area contributed by atoms with E-state index in [0.717, 1.165) is 12.8 Å². The topological polar surface area (TPSA) is 20.2 Å². The highest BCUT2D eigenvalue weighted by Crippen LogP contribution is 1.81. The van der Waals surface area contributed by atoms with E-state index in [0.29, 0.717) is 0 Å². The number of rotatable bonds is 2. The number of hydrogen-bond acceptors (Lipinski definition) is 1. The van der Waals surface area contributed by atoms with Gasteiger partial charge in [0.1, 0.15) is 0 Å². The Labute approximate surface area is 68.1 Å². The van der Waals surface area contributed by atoms with E-state index < -0.39 is 0 Å². The summed E-state index contributed by atoms with van der Waals surface area (Å²) in [6, 6.07) is 0. The Morgan fingerprint density at radius 2 is 2.18 bits per heavy atom. The molecular formula is C10H12O. The van der Waals surface area contributed by atoms with Gasteiger partial charge in [-0.25, -0.2) is 0 Å². The molecule has 0 aromatic heterocycles. The lowest BCUT2D eigenvalue weighted by atomic mass is 10.3. The molecular weight excluding hydrogens is 136 g/mol. The molecule has 0 amide bonds. The molecule has 0 spiro atoms. The number of hydrogen-bond donors (Lipinski definition) is 1. The van der Waals surface area contributed by atoms with Gasteiger partial charge in [0, 0.05) is 13.0 Å². The summed E-state index contributed by atoms with van der Waals surface area (Å²) >= 11 is 0. The molecule has 0 radical (unpaired) electrons. The summed E-state index contributed by atoms with van der Waals surface area (Å²) in [5, 5.41) is 8.39. The average molecular weight is 148 g/mol. The van der Waals surface area contributed by atoms with E-state index in [1.54, 1.807) is 6.08 Å². The van der Waals surface area contributed by atoms with Gasteiger partial charge in [-0.1, -0.05) is 17.9 Å². The standard InChI is InChI=1S/C10H12O/c1-2-3-4-5-6-7-8-9-10-11/h2-3,11H,8-10H2,1H3/b3-2-. The fraction of sp³-hybridized carbons (Fsp3) is 0.400. The number of allylic oxidation sites excluding steroid dienone is 2. The number of unbranched alkanes of at least 4 members (excludes halogenated alkanes) is 1. The van der Waals surface area contributed by atoms with E-state index in [-0.39, 0.29) is 6.61 Å². The first-order chi connectivity index (χ1) is 5.41. The summed E-state index contributed by atoms with van der Waals surface area (Å²) < 4.78 is 0. The van der Waals surface area contributed by atoms with Gasteiger partial charge in [0.15, 0.2) is 0 Å². The third-order valence-corrected chi connectivity index (χ3v) is 0.933. The molecule has 11 heavy (non-hydrogen) atoms. The smallest absolute Gasteiger partial charge is 0.0440 e. The molecule has 0 rings (SSSR count). The lowest BCUT2D eigenvalue weighted by molar-refractivity contribution is 0.290. The highest BCUT2D eigenvalue weighted by atomic mass is 16.2. The molecule has 58 valence electrons. The van der Waals surface area contributed by atoms with Crippen LogP contribution in [0.1, 0.15) is 19.8 Å². The van der Waals surface area contributed by atoms with Gasteiger partial charge in [0.2, 0.25) is 0 Å². The van der Waals surface area contributed by atoms with Crippen LogP contribution in [0.5, 0.6) is 0 Å². The van der Waals surface area contributed by atoms with Gasteiger partial charge in [-0.2, -0.15) is 0 Å². The molecule has 0 aliphatic carbocycles. The summed E-state index contributed by atoms with van der Waals surface area (Å²) in [4.78, 5) is 0. The van der Waals surface area contributed by atoms with Gasteiger partial charge in [0.05, 0.1) is 0 Å². The summed E-state index contributed by atoms with van der Waals surface area (Å²) in [6.07, 6.45) is 5.07. The van der Waals surface area contributed by atoms with E-state index in [9.17, 15) is 0 Å². The van der Waals surface area contributed by atoms with Crippen molar-refractivity contribution in [2.45, 2.75) is 19.8 Å². The van der Waals surface area contributed by atoms with Crippen LogP contribution < -0.4 is 0 Å². The molecule has 0 aliphatic heterocycles. The largest absolute Gasteiger partial charge is 0.396 e. The summed E-state index contributed by atoms with van der Waals surface area (Å²) in [5.74, 6) is 10.9. The highest BCUT2D eigenvalue weighted by Gasteiger charge is 1.74. The van der Waals surface area contributed by atoms with Gasteiger partial charge in [-0.05, 0) is 31.3 Å². The molecule has 0 unspecified atom stereocenters. The zero-order chi connectivity index (χ0) is 8.36. The quantitative estimate of drug-likeness (QED) is 0.463. The molecule has 0 aliphatic rings. The van der Waals surface area contributed by atoms with Crippen LogP contribution in [0.2, 0.25) is 0 Å². The molecule has 0 aromatic rings. The average Bonchev–Trinajstić information content (AvgIpc) is 2.03. The Bertz CT molecular complexity index is 217. The minimum absolute atomic E-state index is 0.205. The fourth-order valence-electron chi connectivity index (χ4n) is 0.435. The molecule has 0 aromatic carbocycles. The van der Waals surface area contributed by atoms with Crippen LogP contribution in [0.3, 0.4) is 0 Å². The lowest BCUT2D eigenvalue weighted by Crippen LogP contribution is -1.77. The second kappa shape index (κ2) is 8.82. The van der Waals surface area contributed by atoms with Gasteiger partial charge < -0.3 is 5.11 Å². The molecule has 0 saturated heterocycles. The van der Waals surface area contributed by atoms with Crippen molar-refractivity contribution in [3.63, 3.8) is 0 Å². The molecule has 0 bridgehead atoms. The van der Waals surface area contributed by atoms with E-state index in [1.165, 1.54) is 0 Å². The molecule has 0 heterocycles. The van der Waals surface area contributed by atoms with Crippen LogP contribution in [-0.2, 0) is 0 Å². The molecule has 0 fully saturated rings. The van der Waals surface area contributed by atoms with Crippen LogP contribution in [0.25, 0.3) is 0 Å². The van der Waals surface area contributed by atoms with Crippen molar-refractivity contribution >= 4 is 0 Å². The maximum absolute atomic E-state index is 8.39. The first-order valence-corrected chi connectivity index (χ1v) is 3.62. The van der Waals surface area contributed by atoms with Crippen LogP contribution in [-0.4, -0.2) is 11.7 Å². The molecule has 0 atom stereocenters.